The molecule has 25 heavy (non-hydrogen) atoms. The second-order valence-corrected chi connectivity index (χ2v) is 9.06. The number of sulfonamides is 1. The number of nitrogens with one attached hydrogen (secondary N) is 2. The molecule has 1 unspecified atom stereocenters. The van der Waals surface area contributed by atoms with Crippen molar-refractivity contribution in [2.24, 2.45) is 5.92 Å². The predicted molar refractivity (Wildman–Crippen MR) is 94.9 cm³/mol. The minimum Gasteiger partial charge on any atom is -0.480 e. The van der Waals surface area contributed by atoms with Crippen molar-refractivity contribution in [2.75, 3.05) is 0 Å². The highest BCUT2D eigenvalue weighted by molar-refractivity contribution is 7.89. The summed E-state index contributed by atoms with van der Waals surface area (Å²) < 4.78 is 27.0. The van der Waals surface area contributed by atoms with Crippen LogP contribution >= 0.6 is 0 Å². The van der Waals surface area contributed by atoms with E-state index in [0.29, 0.717) is 6.42 Å². The van der Waals surface area contributed by atoms with E-state index in [-0.39, 0.29) is 16.4 Å². The standard InChI is InChI=1S/C17H26N2O5S/c1-11(2)10-14(16(21)22)18-15(20)12-6-8-13(9-7-12)25(23,24)19-17(3,4)5/h6-9,11,14,19H,10H2,1-5H3,(H,18,20)(H,21,22). The van der Waals surface area contributed by atoms with Gasteiger partial charge < -0.3 is 10.4 Å². The highest BCUT2D eigenvalue weighted by Crippen LogP contribution is 2.14. The van der Waals surface area contributed by atoms with Crippen molar-refractivity contribution in [1.29, 1.82) is 0 Å². The summed E-state index contributed by atoms with van der Waals surface area (Å²) in [6.45, 7) is 8.92. The second kappa shape index (κ2) is 7.97. The Morgan fingerprint density at radius 1 is 1.12 bits per heavy atom. The molecule has 0 saturated carbocycles. The number of carbonyl (C=O) groups excluding carboxylic acids is 1. The van der Waals surface area contributed by atoms with Crippen LogP contribution in [0.5, 0.6) is 0 Å². The highest BCUT2D eigenvalue weighted by atomic mass is 32.2. The van der Waals surface area contributed by atoms with Crippen LogP contribution in [-0.4, -0.2) is 37.0 Å². The first-order valence-electron chi connectivity index (χ1n) is 7.99. The number of hydrogen-bond acceptors (Lipinski definition) is 4. The summed E-state index contributed by atoms with van der Waals surface area (Å²) in [5.74, 6) is -1.55. The maximum Gasteiger partial charge on any atom is 0.326 e. The highest BCUT2D eigenvalue weighted by Gasteiger charge is 2.24. The molecule has 0 aliphatic carbocycles. The minimum atomic E-state index is -3.69. The van der Waals surface area contributed by atoms with E-state index in [1.54, 1.807) is 20.8 Å². The number of rotatable bonds is 7. The molecule has 0 heterocycles. The summed E-state index contributed by atoms with van der Waals surface area (Å²) in [6.07, 6.45) is 0.309. The van der Waals surface area contributed by atoms with Gasteiger partial charge in [0.25, 0.3) is 5.91 Å². The van der Waals surface area contributed by atoms with Crippen LogP contribution in [0.15, 0.2) is 29.2 Å². The van der Waals surface area contributed by atoms with Crippen molar-refractivity contribution in [3.8, 4) is 0 Å². The van der Waals surface area contributed by atoms with Gasteiger partial charge in [-0.05, 0) is 57.4 Å². The van der Waals surface area contributed by atoms with E-state index in [0.717, 1.165) is 0 Å². The molecular formula is C17H26N2O5S. The number of amides is 1. The number of carboxylic acids is 1. The third-order valence-corrected chi connectivity index (χ3v) is 4.95. The minimum absolute atomic E-state index is 0.0379. The SMILES string of the molecule is CC(C)CC(NC(=O)c1ccc(S(=O)(=O)NC(C)(C)C)cc1)C(=O)O. The lowest BCUT2D eigenvalue weighted by atomic mass is 10.0. The van der Waals surface area contributed by atoms with Crippen LogP contribution in [0.25, 0.3) is 0 Å². The first-order chi connectivity index (χ1) is 11.3. The number of benzene rings is 1. The Hall–Kier alpha value is -1.93. The van der Waals surface area contributed by atoms with E-state index >= 15 is 0 Å². The first kappa shape index (κ1) is 21.1. The summed E-state index contributed by atoms with van der Waals surface area (Å²) in [5.41, 5.74) is -0.426. The Morgan fingerprint density at radius 2 is 1.64 bits per heavy atom. The first-order valence-corrected chi connectivity index (χ1v) is 9.48. The molecule has 0 saturated heterocycles. The molecule has 3 N–H and O–H groups in total. The van der Waals surface area contributed by atoms with Gasteiger partial charge in [0.1, 0.15) is 6.04 Å². The summed E-state index contributed by atoms with van der Waals surface area (Å²) in [4.78, 5) is 23.4. The summed E-state index contributed by atoms with van der Waals surface area (Å²) in [7, 11) is -3.69. The van der Waals surface area contributed by atoms with Crippen molar-refractivity contribution in [3.05, 3.63) is 29.8 Å². The average Bonchev–Trinajstić information content (AvgIpc) is 2.43. The van der Waals surface area contributed by atoms with Crippen molar-refractivity contribution < 1.29 is 23.1 Å². The van der Waals surface area contributed by atoms with E-state index in [2.05, 4.69) is 10.0 Å². The molecule has 1 rings (SSSR count). The van der Waals surface area contributed by atoms with Crippen LogP contribution in [0.2, 0.25) is 0 Å². The zero-order valence-corrected chi connectivity index (χ0v) is 16.0. The van der Waals surface area contributed by atoms with Crippen molar-refractivity contribution >= 4 is 21.9 Å². The molecule has 8 heteroatoms. The number of carboxylic acid groups (broad SMARTS) is 1. The van der Waals surface area contributed by atoms with Crippen LogP contribution in [0, 0.1) is 5.92 Å². The lowest BCUT2D eigenvalue weighted by molar-refractivity contribution is -0.139. The fraction of sp³-hybridized carbons (Fsp3) is 0.529. The molecule has 1 aromatic rings. The van der Waals surface area contributed by atoms with Gasteiger partial charge in [0.15, 0.2) is 0 Å². The molecular weight excluding hydrogens is 344 g/mol. The Kier molecular flexibility index (Phi) is 6.73. The second-order valence-electron chi connectivity index (χ2n) is 7.37. The molecule has 1 aromatic carbocycles. The van der Waals surface area contributed by atoms with E-state index in [9.17, 15) is 23.1 Å². The molecule has 0 bridgehead atoms. The Bertz CT molecular complexity index is 718. The van der Waals surface area contributed by atoms with E-state index in [1.807, 2.05) is 13.8 Å². The van der Waals surface area contributed by atoms with Crippen LogP contribution in [0.3, 0.4) is 0 Å². The van der Waals surface area contributed by atoms with Gasteiger partial charge in [0.05, 0.1) is 4.90 Å². The third-order valence-electron chi connectivity index (χ3n) is 3.18. The topological polar surface area (TPSA) is 113 Å². The molecule has 0 aliphatic heterocycles. The average molecular weight is 370 g/mol. The summed E-state index contributed by atoms with van der Waals surface area (Å²) in [6, 6.07) is 4.38. The van der Waals surface area contributed by atoms with Gasteiger partial charge >= 0.3 is 5.97 Å². The van der Waals surface area contributed by atoms with Crippen molar-refractivity contribution in [2.45, 2.75) is 57.5 Å². The van der Waals surface area contributed by atoms with Crippen LogP contribution in [0.1, 0.15) is 51.4 Å². The number of carbonyl (C=O) groups is 2. The maximum atomic E-state index is 12.2. The molecule has 0 aliphatic rings. The van der Waals surface area contributed by atoms with Gasteiger partial charge in [0.2, 0.25) is 10.0 Å². The molecule has 0 fully saturated rings. The van der Waals surface area contributed by atoms with Crippen LogP contribution in [-0.2, 0) is 14.8 Å². The molecule has 1 amide bonds. The molecule has 0 spiro atoms. The van der Waals surface area contributed by atoms with E-state index in [4.69, 9.17) is 0 Å². The predicted octanol–water partition coefficient (Wildman–Crippen LogP) is 1.99. The maximum absolute atomic E-state index is 12.2. The fourth-order valence-electron chi connectivity index (χ4n) is 2.18. The molecule has 0 radical (unpaired) electrons. The zero-order chi connectivity index (χ0) is 19.4. The van der Waals surface area contributed by atoms with Gasteiger partial charge in [-0.1, -0.05) is 13.8 Å². The van der Waals surface area contributed by atoms with Gasteiger partial charge in [-0.15, -0.1) is 0 Å². The van der Waals surface area contributed by atoms with Gasteiger partial charge in [-0.3, -0.25) is 4.79 Å². The van der Waals surface area contributed by atoms with Crippen molar-refractivity contribution in [3.63, 3.8) is 0 Å². The fourth-order valence-corrected chi connectivity index (χ4v) is 3.60. The Morgan fingerprint density at radius 3 is 2.04 bits per heavy atom. The lowest BCUT2D eigenvalue weighted by Crippen LogP contribution is -2.41. The summed E-state index contributed by atoms with van der Waals surface area (Å²) in [5, 5.41) is 11.6. The van der Waals surface area contributed by atoms with Crippen molar-refractivity contribution in [1.82, 2.24) is 10.0 Å². The summed E-state index contributed by atoms with van der Waals surface area (Å²) >= 11 is 0. The molecule has 1 atom stereocenters. The Balaban J connectivity index is 2.92. The van der Waals surface area contributed by atoms with Crippen LogP contribution in [0.4, 0.5) is 0 Å². The zero-order valence-electron chi connectivity index (χ0n) is 15.2. The quantitative estimate of drug-likeness (QED) is 0.679. The molecule has 7 nitrogen and oxygen atoms in total. The Labute approximate surface area is 148 Å². The van der Waals surface area contributed by atoms with E-state index < -0.39 is 33.5 Å². The van der Waals surface area contributed by atoms with Crippen LogP contribution < -0.4 is 10.0 Å². The third kappa shape index (κ3) is 6.83. The molecule has 0 aromatic heterocycles. The smallest absolute Gasteiger partial charge is 0.326 e. The van der Waals surface area contributed by atoms with Gasteiger partial charge in [-0.25, -0.2) is 17.9 Å². The number of aliphatic carboxylic acids is 1. The van der Waals surface area contributed by atoms with Gasteiger partial charge in [-0.2, -0.15) is 0 Å². The monoisotopic (exact) mass is 370 g/mol. The van der Waals surface area contributed by atoms with Gasteiger partial charge in [0, 0.05) is 11.1 Å². The normalized spacial score (nSPS) is 13.5. The largest absolute Gasteiger partial charge is 0.480 e. The van der Waals surface area contributed by atoms with E-state index in [1.165, 1.54) is 24.3 Å². The lowest BCUT2D eigenvalue weighted by Gasteiger charge is -2.20. The number of hydrogen-bond donors (Lipinski definition) is 3. The molecule has 140 valence electrons.